The molecule has 0 aliphatic carbocycles. The van der Waals surface area contributed by atoms with Gasteiger partial charge in [-0.3, -0.25) is 14.7 Å². The smallest absolute Gasteiger partial charge is 0.220 e. The molecule has 0 saturated carbocycles. The highest BCUT2D eigenvalue weighted by atomic mass is 35.5. The van der Waals surface area contributed by atoms with Gasteiger partial charge in [0.25, 0.3) is 0 Å². The number of hydrogen-bond acceptors (Lipinski definition) is 8. The molecule has 3 aromatic carbocycles. The maximum Gasteiger partial charge on any atom is 0.220 e. The highest BCUT2D eigenvalue weighted by Crippen LogP contribution is 2.40. The van der Waals surface area contributed by atoms with Crippen molar-refractivity contribution in [2.75, 3.05) is 20.3 Å². The van der Waals surface area contributed by atoms with Crippen LogP contribution in [0.25, 0.3) is 5.69 Å². The average Bonchev–Trinajstić information content (AvgIpc) is 3.28. The Morgan fingerprint density at radius 2 is 1.76 bits per heavy atom. The minimum absolute atomic E-state index is 0.310. The summed E-state index contributed by atoms with van der Waals surface area (Å²) in [7, 11) is 1.60. The summed E-state index contributed by atoms with van der Waals surface area (Å²) < 4.78 is 19.0. The van der Waals surface area contributed by atoms with Crippen molar-refractivity contribution < 1.29 is 19.1 Å². The Morgan fingerprint density at radius 3 is 2.42 bits per heavy atom. The topological polar surface area (TPSA) is 102 Å². The number of nitrogens with zero attached hydrogens (tertiary/aromatic N) is 4. The first-order chi connectivity index (χ1) is 18.4. The number of aromatic nitrogens is 3. The molecular weight excluding hydrogens is 528 g/mol. The molecule has 0 aliphatic rings. The van der Waals surface area contributed by atoms with E-state index in [1.807, 2.05) is 60.9 Å². The van der Waals surface area contributed by atoms with Gasteiger partial charge in [0.1, 0.15) is 23.4 Å². The van der Waals surface area contributed by atoms with Crippen LogP contribution < -0.4 is 14.2 Å². The Labute approximate surface area is 229 Å². The quantitative estimate of drug-likeness (QED) is 0.114. The molecule has 4 aromatic rings. The first kappa shape index (κ1) is 27.3. The number of aryl methyl sites for hydroxylation is 1. The monoisotopic (exact) mass is 554 g/mol. The Morgan fingerprint density at radius 1 is 1.03 bits per heavy atom. The SMILES string of the molecule is CCOc1cc([C@@H](C[N+](=O)[O-])Sc2nnc(C)n2-c2ccc(OC)cc2)ccc1OCc1ccc(Cl)cc1. The molecule has 0 bridgehead atoms. The number of nitro groups is 1. The number of thioether (sulfide) groups is 1. The van der Waals surface area contributed by atoms with Crippen LogP contribution in [-0.2, 0) is 6.61 Å². The van der Waals surface area contributed by atoms with Gasteiger partial charge in [0, 0.05) is 15.6 Å². The van der Waals surface area contributed by atoms with Gasteiger partial charge in [0.05, 0.1) is 13.7 Å². The van der Waals surface area contributed by atoms with Crippen LogP contribution in [0.1, 0.15) is 29.1 Å². The zero-order valence-electron chi connectivity index (χ0n) is 21.2. The van der Waals surface area contributed by atoms with Crippen LogP contribution >= 0.6 is 23.4 Å². The number of hydrogen-bond donors (Lipinski definition) is 0. The maximum atomic E-state index is 11.6. The van der Waals surface area contributed by atoms with E-state index in [4.69, 9.17) is 25.8 Å². The Bertz CT molecular complexity index is 1380. The fourth-order valence-corrected chi connectivity index (χ4v) is 5.07. The molecule has 38 heavy (non-hydrogen) atoms. The van der Waals surface area contributed by atoms with Crippen molar-refractivity contribution in [1.29, 1.82) is 0 Å². The second-order valence-electron chi connectivity index (χ2n) is 8.24. The third-order valence-corrected chi connectivity index (χ3v) is 7.07. The van der Waals surface area contributed by atoms with Crippen LogP contribution in [-0.4, -0.2) is 39.9 Å². The number of halogens is 1. The van der Waals surface area contributed by atoms with E-state index in [2.05, 4.69) is 10.2 Å². The molecule has 0 radical (unpaired) electrons. The zero-order chi connectivity index (χ0) is 27.1. The molecule has 198 valence electrons. The number of methoxy groups -OCH3 is 1. The highest BCUT2D eigenvalue weighted by Gasteiger charge is 2.25. The van der Waals surface area contributed by atoms with Crippen LogP contribution in [0.5, 0.6) is 17.2 Å². The van der Waals surface area contributed by atoms with Crippen molar-refractivity contribution in [3.8, 4) is 22.9 Å². The van der Waals surface area contributed by atoms with Crippen LogP contribution in [0.3, 0.4) is 0 Å². The predicted molar refractivity (Wildman–Crippen MR) is 147 cm³/mol. The van der Waals surface area contributed by atoms with Crippen molar-refractivity contribution in [2.45, 2.75) is 30.9 Å². The summed E-state index contributed by atoms with van der Waals surface area (Å²) in [4.78, 5) is 11.3. The molecule has 0 saturated heterocycles. The number of rotatable bonds is 12. The van der Waals surface area contributed by atoms with E-state index in [0.717, 1.165) is 22.6 Å². The normalized spacial score (nSPS) is 11.7. The molecule has 0 amide bonds. The second-order valence-corrected chi connectivity index (χ2v) is 9.85. The first-order valence-corrected chi connectivity index (χ1v) is 13.1. The van der Waals surface area contributed by atoms with Gasteiger partial charge in [0.15, 0.2) is 16.7 Å². The van der Waals surface area contributed by atoms with E-state index in [1.165, 1.54) is 11.8 Å². The van der Waals surface area contributed by atoms with Crippen LogP contribution in [0, 0.1) is 17.0 Å². The predicted octanol–water partition coefficient (Wildman–Crippen LogP) is 6.33. The van der Waals surface area contributed by atoms with Gasteiger partial charge >= 0.3 is 0 Å². The van der Waals surface area contributed by atoms with Gasteiger partial charge in [0.2, 0.25) is 6.54 Å². The van der Waals surface area contributed by atoms with Crippen LogP contribution in [0.2, 0.25) is 5.02 Å². The van der Waals surface area contributed by atoms with Gasteiger partial charge in [-0.1, -0.05) is 41.6 Å². The Balaban J connectivity index is 1.61. The maximum absolute atomic E-state index is 11.6. The third-order valence-electron chi connectivity index (χ3n) is 5.64. The molecule has 11 heteroatoms. The summed E-state index contributed by atoms with van der Waals surface area (Å²) >= 11 is 7.24. The summed E-state index contributed by atoms with van der Waals surface area (Å²) in [5.41, 5.74) is 2.50. The summed E-state index contributed by atoms with van der Waals surface area (Å²) in [6, 6.07) is 20.3. The molecule has 0 spiro atoms. The molecule has 1 aromatic heterocycles. The molecule has 4 rings (SSSR count). The molecule has 0 aliphatic heterocycles. The first-order valence-electron chi connectivity index (χ1n) is 11.9. The number of ether oxygens (including phenoxy) is 3. The van der Waals surface area contributed by atoms with Crippen molar-refractivity contribution in [3.63, 3.8) is 0 Å². The minimum Gasteiger partial charge on any atom is -0.497 e. The Hall–Kier alpha value is -3.76. The van der Waals surface area contributed by atoms with Crippen molar-refractivity contribution in [3.05, 3.63) is 98.8 Å². The standard InChI is InChI=1S/C27H27ClN4O5S/c1-4-36-25-15-20(7-14-24(25)37-17-19-5-8-21(28)9-6-19)26(16-31(33)34)38-27-30-29-18(2)32(27)22-10-12-23(35-3)13-11-22/h5-15,26H,4,16-17H2,1-3H3/t26-/m1/s1. The molecule has 0 fully saturated rings. The van der Waals surface area contributed by atoms with E-state index in [-0.39, 0.29) is 11.5 Å². The highest BCUT2D eigenvalue weighted by molar-refractivity contribution is 7.99. The summed E-state index contributed by atoms with van der Waals surface area (Å²) in [6.07, 6.45) is 0. The summed E-state index contributed by atoms with van der Waals surface area (Å²) in [5.74, 6) is 2.45. The molecule has 1 heterocycles. The summed E-state index contributed by atoms with van der Waals surface area (Å²) in [6.45, 7) is 4.14. The van der Waals surface area contributed by atoms with Crippen LogP contribution in [0.4, 0.5) is 0 Å². The van der Waals surface area contributed by atoms with Gasteiger partial charge in [-0.05, 0) is 73.5 Å². The Kier molecular flexibility index (Phi) is 9.09. The van der Waals surface area contributed by atoms with Crippen molar-refractivity contribution in [2.24, 2.45) is 0 Å². The molecule has 0 unspecified atom stereocenters. The van der Waals surface area contributed by atoms with E-state index >= 15 is 0 Å². The average molecular weight is 555 g/mol. The van der Waals surface area contributed by atoms with Crippen molar-refractivity contribution in [1.82, 2.24) is 14.8 Å². The second kappa shape index (κ2) is 12.7. The van der Waals surface area contributed by atoms with Crippen LogP contribution in [0.15, 0.2) is 71.9 Å². The minimum atomic E-state index is -0.546. The van der Waals surface area contributed by atoms with Gasteiger partial charge in [-0.2, -0.15) is 0 Å². The fraction of sp³-hybridized carbons (Fsp3) is 0.259. The third kappa shape index (κ3) is 6.76. The molecule has 0 N–H and O–H groups in total. The van der Waals surface area contributed by atoms with Gasteiger partial charge < -0.3 is 14.2 Å². The van der Waals surface area contributed by atoms with Gasteiger partial charge in [-0.25, -0.2) is 0 Å². The fourth-order valence-electron chi connectivity index (χ4n) is 3.78. The summed E-state index contributed by atoms with van der Waals surface area (Å²) in [5, 5.41) is 20.8. The lowest BCUT2D eigenvalue weighted by Crippen LogP contribution is -2.11. The molecule has 1 atom stereocenters. The van der Waals surface area contributed by atoms with E-state index in [1.54, 1.807) is 31.4 Å². The van der Waals surface area contributed by atoms with E-state index in [0.29, 0.717) is 40.7 Å². The zero-order valence-corrected chi connectivity index (χ0v) is 22.7. The van der Waals surface area contributed by atoms with Gasteiger partial charge in [-0.15, -0.1) is 10.2 Å². The molecular formula is C27H27ClN4O5S. The van der Waals surface area contributed by atoms with E-state index in [9.17, 15) is 10.1 Å². The van der Waals surface area contributed by atoms with Crippen molar-refractivity contribution >= 4 is 23.4 Å². The lowest BCUT2D eigenvalue weighted by molar-refractivity contribution is -0.479. The lowest BCUT2D eigenvalue weighted by atomic mass is 10.1. The van der Waals surface area contributed by atoms with E-state index < -0.39 is 5.25 Å². The number of benzene rings is 3. The lowest BCUT2D eigenvalue weighted by Gasteiger charge is -2.17. The molecule has 9 nitrogen and oxygen atoms in total. The largest absolute Gasteiger partial charge is 0.497 e.